The van der Waals surface area contributed by atoms with Crippen molar-refractivity contribution in [3.8, 4) is 5.75 Å². The third kappa shape index (κ3) is 5.15. The van der Waals surface area contributed by atoms with E-state index in [1.807, 2.05) is 31.2 Å². The van der Waals surface area contributed by atoms with Crippen molar-refractivity contribution in [1.29, 1.82) is 0 Å². The van der Waals surface area contributed by atoms with Gasteiger partial charge in [-0.15, -0.1) is 11.3 Å². The van der Waals surface area contributed by atoms with E-state index in [1.54, 1.807) is 11.3 Å². The first kappa shape index (κ1) is 17.6. The number of likely N-dealkylation sites (N-methyl/N-ethyl adjacent to an activating group) is 1. The van der Waals surface area contributed by atoms with Crippen LogP contribution in [-0.4, -0.2) is 11.5 Å². The summed E-state index contributed by atoms with van der Waals surface area (Å²) in [6.07, 6.45) is 0.897. The minimum Gasteiger partial charge on any atom is -0.489 e. The molecular weight excluding hydrogens is 328 g/mol. The van der Waals surface area contributed by atoms with Gasteiger partial charge in [0.2, 0.25) is 0 Å². The Labute approximate surface area is 153 Å². The van der Waals surface area contributed by atoms with Crippen LogP contribution in [0.2, 0.25) is 0 Å². The van der Waals surface area contributed by atoms with Crippen LogP contribution in [0.5, 0.6) is 5.75 Å². The minimum absolute atomic E-state index is 0.246. The van der Waals surface area contributed by atoms with Crippen LogP contribution in [0.1, 0.15) is 34.8 Å². The van der Waals surface area contributed by atoms with Gasteiger partial charge in [0.25, 0.3) is 0 Å². The molecule has 0 amide bonds. The van der Waals surface area contributed by atoms with E-state index in [0.29, 0.717) is 6.61 Å². The lowest BCUT2D eigenvalue weighted by Crippen LogP contribution is -2.23. The average molecular weight is 353 g/mol. The van der Waals surface area contributed by atoms with Gasteiger partial charge in [0.15, 0.2) is 0 Å². The Morgan fingerprint density at radius 2 is 1.96 bits per heavy atom. The number of rotatable bonds is 8. The highest BCUT2D eigenvalue weighted by atomic mass is 32.1. The van der Waals surface area contributed by atoms with Gasteiger partial charge in [-0.05, 0) is 36.7 Å². The van der Waals surface area contributed by atoms with Crippen molar-refractivity contribution in [2.24, 2.45) is 0 Å². The molecule has 1 unspecified atom stereocenters. The molecule has 130 valence electrons. The largest absolute Gasteiger partial charge is 0.489 e. The zero-order valence-electron chi connectivity index (χ0n) is 14.7. The molecule has 0 aliphatic heterocycles. The Balaban J connectivity index is 1.70. The summed E-state index contributed by atoms with van der Waals surface area (Å²) in [4.78, 5) is 4.60. The van der Waals surface area contributed by atoms with E-state index in [0.717, 1.165) is 24.4 Å². The summed E-state index contributed by atoms with van der Waals surface area (Å²) in [7, 11) is 0. The summed E-state index contributed by atoms with van der Waals surface area (Å²) in [6, 6.07) is 18.9. The van der Waals surface area contributed by atoms with Crippen molar-refractivity contribution < 1.29 is 4.74 Å². The number of aryl methyl sites for hydroxylation is 1. The highest BCUT2D eigenvalue weighted by Gasteiger charge is 2.14. The van der Waals surface area contributed by atoms with Gasteiger partial charge in [0.1, 0.15) is 12.4 Å². The van der Waals surface area contributed by atoms with Crippen LogP contribution < -0.4 is 10.1 Å². The summed E-state index contributed by atoms with van der Waals surface area (Å²) in [5.74, 6) is 0.902. The predicted molar refractivity (Wildman–Crippen MR) is 104 cm³/mol. The number of ether oxygens (including phenoxy) is 1. The summed E-state index contributed by atoms with van der Waals surface area (Å²) in [5.41, 5.74) is 3.50. The minimum atomic E-state index is 0.246. The molecule has 0 fully saturated rings. The van der Waals surface area contributed by atoms with Crippen LogP contribution in [0, 0.1) is 6.92 Å². The molecule has 1 heterocycles. The molecule has 0 aliphatic carbocycles. The maximum Gasteiger partial charge on any atom is 0.120 e. The number of benzene rings is 2. The first-order chi connectivity index (χ1) is 12.2. The number of nitrogens with zero attached hydrogens (tertiary/aromatic N) is 1. The first-order valence-corrected chi connectivity index (χ1v) is 9.53. The van der Waals surface area contributed by atoms with Gasteiger partial charge in [-0.25, -0.2) is 4.98 Å². The fraction of sp³-hybridized carbons (Fsp3) is 0.286. The summed E-state index contributed by atoms with van der Waals surface area (Å²) in [6.45, 7) is 5.68. The van der Waals surface area contributed by atoms with Crippen molar-refractivity contribution in [1.82, 2.24) is 10.3 Å². The van der Waals surface area contributed by atoms with Crippen molar-refractivity contribution in [2.45, 2.75) is 32.9 Å². The molecule has 0 aliphatic rings. The van der Waals surface area contributed by atoms with E-state index in [4.69, 9.17) is 4.74 Å². The van der Waals surface area contributed by atoms with Crippen LogP contribution >= 0.6 is 11.3 Å². The third-order valence-corrected chi connectivity index (χ3v) is 4.99. The predicted octanol–water partition coefficient (Wildman–Crippen LogP) is 4.92. The van der Waals surface area contributed by atoms with Gasteiger partial charge in [-0.1, -0.05) is 49.4 Å². The molecule has 3 rings (SSSR count). The third-order valence-electron chi connectivity index (χ3n) is 4.00. The number of hydrogen-bond donors (Lipinski definition) is 1. The molecule has 3 aromatic rings. The lowest BCUT2D eigenvalue weighted by Gasteiger charge is -2.18. The van der Waals surface area contributed by atoms with Crippen LogP contribution in [0.4, 0.5) is 0 Å². The topological polar surface area (TPSA) is 34.2 Å². The van der Waals surface area contributed by atoms with Crippen molar-refractivity contribution in [3.05, 3.63) is 81.8 Å². The molecule has 0 radical (unpaired) electrons. The van der Waals surface area contributed by atoms with Gasteiger partial charge in [0, 0.05) is 23.5 Å². The average Bonchev–Trinajstić information content (AvgIpc) is 3.06. The van der Waals surface area contributed by atoms with E-state index in [1.165, 1.54) is 16.1 Å². The molecule has 0 saturated heterocycles. The van der Waals surface area contributed by atoms with E-state index in [9.17, 15) is 0 Å². The normalized spacial score (nSPS) is 12.1. The van der Waals surface area contributed by atoms with Crippen LogP contribution in [0.3, 0.4) is 0 Å². The van der Waals surface area contributed by atoms with Gasteiger partial charge < -0.3 is 10.1 Å². The van der Waals surface area contributed by atoms with Crippen LogP contribution in [0.25, 0.3) is 0 Å². The van der Waals surface area contributed by atoms with Gasteiger partial charge >= 0.3 is 0 Å². The quantitative estimate of drug-likeness (QED) is 0.624. The van der Waals surface area contributed by atoms with E-state index in [2.05, 4.69) is 52.9 Å². The Kier molecular flexibility index (Phi) is 6.20. The molecule has 2 aromatic carbocycles. The zero-order chi connectivity index (χ0) is 17.5. The van der Waals surface area contributed by atoms with Crippen molar-refractivity contribution in [2.75, 3.05) is 6.54 Å². The Morgan fingerprint density at radius 1 is 1.12 bits per heavy atom. The molecule has 1 aromatic heterocycles. The van der Waals surface area contributed by atoms with Gasteiger partial charge in [-0.2, -0.15) is 0 Å². The van der Waals surface area contributed by atoms with E-state index < -0.39 is 0 Å². The number of aromatic nitrogens is 1. The zero-order valence-corrected chi connectivity index (χ0v) is 15.6. The lowest BCUT2D eigenvalue weighted by atomic mass is 10.0. The van der Waals surface area contributed by atoms with E-state index >= 15 is 0 Å². The van der Waals surface area contributed by atoms with Crippen LogP contribution in [-0.2, 0) is 13.0 Å². The fourth-order valence-corrected chi connectivity index (χ4v) is 3.61. The monoisotopic (exact) mass is 352 g/mol. The standard InChI is InChI=1S/C21H24N2OS/c1-3-22-20(13-21-23-16(2)15-25-21)18-10-7-11-19(12-18)24-14-17-8-5-4-6-9-17/h4-12,15,20,22H,3,13-14H2,1-2H3. The molecule has 3 nitrogen and oxygen atoms in total. The summed E-state index contributed by atoms with van der Waals surface area (Å²) < 4.78 is 5.97. The second-order valence-corrected chi connectivity index (χ2v) is 6.99. The van der Waals surface area contributed by atoms with E-state index in [-0.39, 0.29) is 6.04 Å². The smallest absolute Gasteiger partial charge is 0.120 e. The second-order valence-electron chi connectivity index (χ2n) is 6.04. The number of nitrogens with one attached hydrogen (secondary N) is 1. The molecule has 0 spiro atoms. The molecular formula is C21H24N2OS. The Bertz CT molecular complexity index is 785. The SMILES string of the molecule is CCNC(Cc1nc(C)cs1)c1cccc(OCc2ccccc2)c1. The summed E-state index contributed by atoms with van der Waals surface area (Å²) in [5, 5.41) is 6.84. The van der Waals surface area contributed by atoms with Crippen molar-refractivity contribution >= 4 is 11.3 Å². The van der Waals surface area contributed by atoms with Gasteiger partial charge in [0.05, 0.1) is 5.01 Å². The van der Waals surface area contributed by atoms with Crippen molar-refractivity contribution in [3.63, 3.8) is 0 Å². The number of thiazole rings is 1. The Morgan fingerprint density at radius 3 is 2.68 bits per heavy atom. The molecule has 0 saturated carbocycles. The lowest BCUT2D eigenvalue weighted by molar-refractivity contribution is 0.305. The highest BCUT2D eigenvalue weighted by Crippen LogP contribution is 2.24. The highest BCUT2D eigenvalue weighted by molar-refractivity contribution is 7.09. The van der Waals surface area contributed by atoms with Crippen LogP contribution in [0.15, 0.2) is 60.0 Å². The van der Waals surface area contributed by atoms with Gasteiger partial charge in [-0.3, -0.25) is 0 Å². The molecule has 1 N–H and O–H groups in total. The maximum absolute atomic E-state index is 5.97. The Hall–Kier alpha value is -2.17. The number of hydrogen-bond acceptors (Lipinski definition) is 4. The maximum atomic E-state index is 5.97. The molecule has 25 heavy (non-hydrogen) atoms. The first-order valence-electron chi connectivity index (χ1n) is 8.65. The summed E-state index contributed by atoms with van der Waals surface area (Å²) >= 11 is 1.73. The molecule has 4 heteroatoms. The second kappa shape index (κ2) is 8.79. The fourth-order valence-electron chi connectivity index (χ4n) is 2.79. The molecule has 0 bridgehead atoms. The molecule has 1 atom stereocenters.